The number of hydrogen-bond acceptors (Lipinski definition) is 1. The molecule has 0 bridgehead atoms. The average Bonchev–Trinajstić information content (AvgIpc) is 2.47. The van der Waals surface area contributed by atoms with E-state index in [0.717, 1.165) is 5.92 Å². The molecule has 104 valence electrons. The Hall–Kier alpha value is -0.790. The van der Waals surface area contributed by atoms with E-state index in [-0.39, 0.29) is 12.4 Å². The van der Waals surface area contributed by atoms with Crippen LogP contribution in [0.5, 0.6) is 0 Å². The lowest BCUT2D eigenvalue weighted by Gasteiger charge is -2.42. The summed E-state index contributed by atoms with van der Waals surface area (Å²) in [5.74, 6) is 0.855. The Bertz CT molecular complexity index is 448. The van der Waals surface area contributed by atoms with Gasteiger partial charge in [-0.1, -0.05) is 43.3 Å². The van der Waals surface area contributed by atoms with E-state index in [9.17, 15) is 0 Å². The van der Waals surface area contributed by atoms with Gasteiger partial charge in [0, 0.05) is 0 Å². The van der Waals surface area contributed by atoms with E-state index in [1.54, 1.807) is 5.56 Å². The topological polar surface area (TPSA) is 12.0 Å². The van der Waals surface area contributed by atoms with Crippen molar-refractivity contribution < 1.29 is 0 Å². The molecule has 1 N–H and O–H groups in total. The smallest absolute Gasteiger partial charge is 0.00459 e. The molecular weight excluding hydrogens is 254 g/mol. The molecule has 1 aromatic rings. The fourth-order valence-corrected chi connectivity index (χ4v) is 3.74. The van der Waals surface area contributed by atoms with Crippen molar-refractivity contribution in [2.75, 3.05) is 13.1 Å². The normalized spacial score (nSPS) is 26.6. The number of fused-ring (bicyclic) bond motifs is 1. The molecule has 1 atom stereocenters. The predicted molar refractivity (Wildman–Crippen MR) is 84.7 cm³/mol. The summed E-state index contributed by atoms with van der Waals surface area (Å²) in [5.41, 5.74) is 3.38. The number of benzene rings is 1. The summed E-state index contributed by atoms with van der Waals surface area (Å²) in [6.45, 7) is 4.75. The number of piperidine rings is 1. The van der Waals surface area contributed by atoms with Crippen LogP contribution in [0.15, 0.2) is 30.3 Å². The molecule has 3 rings (SSSR count). The van der Waals surface area contributed by atoms with Crippen molar-refractivity contribution in [3.8, 4) is 0 Å². The van der Waals surface area contributed by atoms with Crippen LogP contribution in [0, 0.1) is 11.3 Å². The first kappa shape index (κ1) is 14.6. The summed E-state index contributed by atoms with van der Waals surface area (Å²) in [6.07, 6.45) is 10.1. The standard InChI is InChI=1S/C17H23N.ClH/c1-2-17(16-8-11-18-12-9-16)10-7-14-5-3-4-6-15(14)13-17;/h3-7,10,16,18H,2,8-9,11-13H2,1H3;1H. The maximum absolute atomic E-state index is 3.49. The molecule has 1 aromatic carbocycles. The molecule has 1 saturated heterocycles. The molecule has 0 saturated carbocycles. The van der Waals surface area contributed by atoms with Crippen molar-refractivity contribution in [2.24, 2.45) is 11.3 Å². The van der Waals surface area contributed by atoms with Gasteiger partial charge >= 0.3 is 0 Å². The third kappa shape index (κ3) is 2.73. The minimum absolute atomic E-state index is 0. The molecule has 0 aromatic heterocycles. The minimum Gasteiger partial charge on any atom is -0.317 e. The van der Waals surface area contributed by atoms with Gasteiger partial charge in [0.15, 0.2) is 0 Å². The molecule has 1 nitrogen and oxygen atoms in total. The lowest BCUT2D eigenvalue weighted by molar-refractivity contribution is 0.170. The van der Waals surface area contributed by atoms with Gasteiger partial charge in [0.05, 0.1) is 0 Å². The first-order chi connectivity index (χ1) is 8.84. The zero-order valence-electron chi connectivity index (χ0n) is 11.7. The van der Waals surface area contributed by atoms with Crippen LogP contribution in [0.3, 0.4) is 0 Å². The summed E-state index contributed by atoms with van der Waals surface area (Å²) in [7, 11) is 0. The van der Waals surface area contributed by atoms with Gasteiger partial charge in [0.2, 0.25) is 0 Å². The van der Waals surface area contributed by atoms with Crippen LogP contribution >= 0.6 is 12.4 Å². The van der Waals surface area contributed by atoms with Gasteiger partial charge in [-0.25, -0.2) is 0 Å². The summed E-state index contributed by atoms with van der Waals surface area (Å²) in [4.78, 5) is 0. The third-order valence-electron chi connectivity index (χ3n) is 4.98. The monoisotopic (exact) mass is 277 g/mol. The first-order valence-electron chi connectivity index (χ1n) is 7.32. The summed E-state index contributed by atoms with van der Waals surface area (Å²) in [6, 6.07) is 8.88. The van der Waals surface area contributed by atoms with Gasteiger partial charge in [-0.3, -0.25) is 0 Å². The van der Waals surface area contributed by atoms with Gasteiger partial charge in [-0.05, 0) is 61.2 Å². The molecular formula is C17H24ClN. The third-order valence-corrected chi connectivity index (χ3v) is 4.98. The molecule has 19 heavy (non-hydrogen) atoms. The quantitative estimate of drug-likeness (QED) is 0.859. The zero-order chi connectivity index (χ0) is 12.4. The molecule has 1 fully saturated rings. The van der Waals surface area contributed by atoms with Gasteiger partial charge in [-0.15, -0.1) is 12.4 Å². The molecule has 1 unspecified atom stereocenters. The van der Waals surface area contributed by atoms with Crippen molar-refractivity contribution >= 4 is 18.5 Å². The van der Waals surface area contributed by atoms with E-state index in [2.05, 4.69) is 48.7 Å². The van der Waals surface area contributed by atoms with Crippen molar-refractivity contribution in [1.29, 1.82) is 0 Å². The molecule has 0 spiro atoms. The van der Waals surface area contributed by atoms with Gasteiger partial charge in [-0.2, -0.15) is 0 Å². The fraction of sp³-hybridized carbons (Fsp3) is 0.529. The lowest BCUT2D eigenvalue weighted by atomic mass is 9.64. The maximum atomic E-state index is 3.49. The fourth-order valence-electron chi connectivity index (χ4n) is 3.74. The van der Waals surface area contributed by atoms with Crippen LogP contribution in [0.4, 0.5) is 0 Å². The van der Waals surface area contributed by atoms with Gasteiger partial charge in [0.1, 0.15) is 0 Å². The van der Waals surface area contributed by atoms with Crippen LogP contribution in [-0.2, 0) is 6.42 Å². The second-order valence-electron chi connectivity index (χ2n) is 5.82. The average molecular weight is 278 g/mol. The maximum Gasteiger partial charge on any atom is -0.00459 e. The summed E-state index contributed by atoms with van der Waals surface area (Å²) < 4.78 is 0. The van der Waals surface area contributed by atoms with Crippen LogP contribution < -0.4 is 5.32 Å². The van der Waals surface area contributed by atoms with E-state index < -0.39 is 0 Å². The minimum atomic E-state index is 0. The van der Waals surface area contributed by atoms with E-state index in [1.165, 1.54) is 44.3 Å². The molecule has 0 amide bonds. The number of rotatable bonds is 2. The van der Waals surface area contributed by atoms with E-state index in [4.69, 9.17) is 0 Å². The molecule has 1 aliphatic carbocycles. The van der Waals surface area contributed by atoms with Crippen molar-refractivity contribution in [3.63, 3.8) is 0 Å². The van der Waals surface area contributed by atoms with Crippen molar-refractivity contribution in [3.05, 3.63) is 41.5 Å². The molecule has 0 radical (unpaired) electrons. The Morgan fingerprint density at radius 1 is 1.21 bits per heavy atom. The van der Waals surface area contributed by atoms with E-state index in [1.807, 2.05) is 0 Å². The second-order valence-corrected chi connectivity index (χ2v) is 5.82. The highest BCUT2D eigenvalue weighted by molar-refractivity contribution is 5.85. The van der Waals surface area contributed by atoms with Gasteiger partial charge < -0.3 is 5.32 Å². The summed E-state index contributed by atoms with van der Waals surface area (Å²) in [5, 5.41) is 3.49. The van der Waals surface area contributed by atoms with Crippen molar-refractivity contribution in [2.45, 2.75) is 32.6 Å². The van der Waals surface area contributed by atoms with Crippen molar-refractivity contribution in [1.82, 2.24) is 5.32 Å². The molecule has 2 heteroatoms. The highest BCUT2D eigenvalue weighted by Gasteiger charge is 2.37. The number of halogens is 1. The summed E-state index contributed by atoms with van der Waals surface area (Å²) >= 11 is 0. The lowest BCUT2D eigenvalue weighted by Crippen LogP contribution is -2.39. The second kappa shape index (κ2) is 6.11. The molecule has 1 aliphatic heterocycles. The predicted octanol–water partition coefficient (Wildman–Crippen LogP) is 4.07. The van der Waals surface area contributed by atoms with Gasteiger partial charge in [0.25, 0.3) is 0 Å². The van der Waals surface area contributed by atoms with Crippen LogP contribution in [0.1, 0.15) is 37.3 Å². The largest absolute Gasteiger partial charge is 0.317 e. The Morgan fingerprint density at radius 2 is 1.95 bits per heavy atom. The number of nitrogens with one attached hydrogen (secondary N) is 1. The number of hydrogen-bond donors (Lipinski definition) is 1. The highest BCUT2D eigenvalue weighted by atomic mass is 35.5. The van der Waals surface area contributed by atoms with Crippen LogP contribution in [-0.4, -0.2) is 13.1 Å². The number of allylic oxidation sites excluding steroid dienone is 1. The highest BCUT2D eigenvalue weighted by Crippen LogP contribution is 2.44. The van der Waals surface area contributed by atoms with E-state index >= 15 is 0 Å². The Kier molecular flexibility index (Phi) is 4.70. The molecule has 2 aliphatic rings. The Morgan fingerprint density at radius 3 is 2.68 bits per heavy atom. The Balaban J connectivity index is 0.00000133. The van der Waals surface area contributed by atoms with Crippen LogP contribution in [0.25, 0.3) is 6.08 Å². The van der Waals surface area contributed by atoms with E-state index in [0.29, 0.717) is 5.41 Å². The Labute approximate surface area is 122 Å². The van der Waals surface area contributed by atoms with Crippen LogP contribution in [0.2, 0.25) is 0 Å². The first-order valence-corrected chi connectivity index (χ1v) is 7.32. The SMILES string of the molecule is CCC1(C2CCNCC2)C=Cc2ccccc2C1.Cl. The molecule has 1 heterocycles. The zero-order valence-corrected chi connectivity index (χ0v) is 12.5.